The Hall–Kier alpha value is -0.420. The quantitative estimate of drug-likeness (QED) is 0.650. The van der Waals surface area contributed by atoms with Gasteiger partial charge in [-0.05, 0) is 20.8 Å². The molecule has 0 aromatic carbocycles. The molecule has 1 N–H and O–H groups in total. The number of aliphatic carboxylic acids is 1. The third-order valence-electron chi connectivity index (χ3n) is 1.51. The van der Waals surface area contributed by atoms with Crippen LogP contribution < -0.4 is 0 Å². The lowest BCUT2D eigenvalue weighted by Crippen LogP contribution is -2.18. The minimum absolute atomic E-state index is 0.220. The highest BCUT2D eigenvalue weighted by Gasteiger charge is 2.33. The van der Waals surface area contributed by atoms with Crippen LogP contribution in [-0.2, 0) is 23.1 Å². The average Bonchev–Trinajstić information content (AvgIpc) is 2.14. The van der Waals surface area contributed by atoms with E-state index in [0.717, 1.165) is 0 Å². The molecule has 0 bridgehead atoms. The molecule has 0 radical (unpaired) electrons. The topological polar surface area (TPSA) is 82.1 Å². The molecule has 0 aromatic rings. The molecule has 90 valence electrons. The van der Waals surface area contributed by atoms with E-state index in [1.54, 1.807) is 13.8 Å². The van der Waals surface area contributed by atoms with Gasteiger partial charge in [-0.15, -0.1) is 0 Å². The second-order valence-corrected chi connectivity index (χ2v) is 5.00. The van der Waals surface area contributed by atoms with Crippen LogP contribution in [0.4, 0.5) is 0 Å². The van der Waals surface area contributed by atoms with Gasteiger partial charge >= 0.3 is 13.6 Å². The minimum Gasteiger partial charge on any atom is -0.480 e. The fourth-order valence-electron chi connectivity index (χ4n) is 0.890. The van der Waals surface area contributed by atoms with Crippen LogP contribution in [0.5, 0.6) is 0 Å². The fourth-order valence-corrected chi connectivity index (χ4v) is 2.36. The summed E-state index contributed by atoms with van der Waals surface area (Å²) >= 11 is 0. The number of hydrogen-bond donors (Lipinski definition) is 1. The maximum absolute atomic E-state index is 12.0. The summed E-state index contributed by atoms with van der Waals surface area (Å²) in [7, 11) is -3.35. The molecule has 0 aliphatic carbocycles. The van der Waals surface area contributed by atoms with Crippen LogP contribution in [0.3, 0.4) is 0 Å². The highest BCUT2D eigenvalue weighted by atomic mass is 31.2. The minimum atomic E-state index is -3.35. The zero-order valence-electron chi connectivity index (χ0n) is 9.13. The van der Waals surface area contributed by atoms with Gasteiger partial charge in [-0.3, -0.25) is 4.57 Å². The molecule has 7 heteroatoms. The van der Waals surface area contributed by atoms with Crippen LogP contribution in [0, 0.1) is 0 Å². The first-order chi connectivity index (χ1) is 6.96. The standard InChI is InChI=1S/C8H17O6P/c1-4-13-15(11,14-5-2)7(3)12-6-8(9)10/h7H,4-6H2,1-3H3,(H,9,10). The third kappa shape index (κ3) is 5.28. The lowest BCUT2D eigenvalue weighted by atomic mass is 10.7. The van der Waals surface area contributed by atoms with Gasteiger partial charge in [-0.2, -0.15) is 0 Å². The number of hydrogen-bond acceptors (Lipinski definition) is 5. The van der Waals surface area contributed by atoms with Crippen molar-refractivity contribution in [3.63, 3.8) is 0 Å². The maximum Gasteiger partial charge on any atom is 0.358 e. The first-order valence-corrected chi connectivity index (χ1v) is 6.29. The predicted octanol–water partition coefficient (Wildman–Crippen LogP) is 1.70. The van der Waals surface area contributed by atoms with Crippen LogP contribution in [0.25, 0.3) is 0 Å². The summed E-state index contributed by atoms with van der Waals surface area (Å²) in [6, 6.07) is 0. The van der Waals surface area contributed by atoms with E-state index in [1.165, 1.54) is 6.92 Å². The van der Waals surface area contributed by atoms with Crippen molar-refractivity contribution in [1.29, 1.82) is 0 Å². The van der Waals surface area contributed by atoms with Gasteiger partial charge in [0.05, 0.1) is 13.2 Å². The van der Waals surface area contributed by atoms with Crippen LogP contribution >= 0.6 is 7.60 Å². The SMILES string of the molecule is CCOP(=O)(OCC)C(C)OCC(=O)O. The Kier molecular flexibility index (Phi) is 6.76. The molecule has 0 aliphatic rings. The molecule has 0 aliphatic heterocycles. The van der Waals surface area contributed by atoms with Crippen LogP contribution in [-0.4, -0.2) is 36.7 Å². The third-order valence-corrected chi connectivity index (χ3v) is 3.79. The molecule has 15 heavy (non-hydrogen) atoms. The Morgan fingerprint density at radius 1 is 1.33 bits per heavy atom. The molecule has 0 fully saturated rings. The van der Waals surface area contributed by atoms with E-state index in [0.29, 0.717) is 0 Å². The van der Waals surface area contributed by atoms with Gasteiger partial charge in [0.15, 0.2) is 5.85 Å². The molecule has 0 rings (SSSR count). The van der Waals surface area contributed by atoms with Crippen molar-refractivity contribution >= 4 is 13.6 Å². The number of ether oxygens (including phenoxy) is 1. The number of carboxylic acids is 1. The smallest absolute Gasteiger partial charge is 0.358 e. The molecular formula is C8H17O6P. The number of rotatable bonds is 8. The van der Waals surface area contributed by atoms with E-state index in [1.807, 2.05) is 0 Å². The molecule has 0 heterocycles. The van der Waals surface area contributed by atoms with E-state index in [2.05, 4.69) is 0 Å². The van der Waals surface area contributed by atoms with E-state index >= 15 is 0 Å². The molecule has 0 spiro atoms. The Balaban J connectivity index is 4.34. The van der Waals surface area contributed by atoms with Gasteiger partial charge in [0.2, 0.25) is 0 Å². The first kappa shape index (κ1) is 14.6. The summed E-state index contributed by atoms with van der Waals surface area (Å²) in [5, 5.41) is 8.39. The van der Waals surface area contributed by atoms with Crippen molar-refractivity contribution in [2.45, 2.75) is 26.6 Å². The molecule has 1 atom stereocenters. The van der Waals surface area contributed by atoms with Crippen molar-refractivity contribution in [2.24, 2.45) is 0 Å². The molecule has 0 aromatic heterocycles. The Morgan fingerprint density at radius 3 is 2.13 bits per heavy atom. The lowest BCUT2D eigenvalue weighted by molar-refractivity contribution is -0.142. The highest BCUT2D eigenvalue weighted by molar-refractivity contribution is 7.54. The van der Waals surface area contributed by atoms with Crippen molar-refractivity contribution in [3.05, 3.63) is 0 Å². The van der Waals surface area contributed by atoms with E-state index in [4.69, 9.17) is 18.9 Å². The second kappa shape index (κ2) is 6.95. The highest BCUT2D eigenvalue weighted by Crippen LogP contribution is 2.53. The summed E-state index contributed by atoms with van der Waals surface area (Å²) in [5.41, 5.74) is 0. The van der Waals surface area contributed by atoms with E-state index in [-0.39, 0.29) is 13.2 Å². The zero-order chi connectivity index (χ0) is 11.9. The van der Waals surface area contributed by atoms with E-state index in [9.17, 15) is 9.36 Å². The molecule has 0 saturated heterocycles. The van der Waals surface area contributed by atoms with Gasteiger partial charge in [0.1, 0.15) is 6.61 Å². The lowest BCUT2D eigenvalue weighted by Gasteiger charge is -2.22. The predicted molar refractivity (Wildman–Crippen MR) is 53.9 cm³/mol. The van der Waals surface area contributed by atoms with E-state index < -0.39 is 26.0 Å². The number of carbonyl (C=O) groups is 1. The molecule has 6 nitrogen and oxygen atoms in total. The maximum atomic E-state index is 12.0. The summed E-state index contributed by atoms with van der Waals surface area (Å²) in [6.45, 7) is 4.74. The Labute approximate surface area is 89.1 Å². The van der Waals surface area contributed by atoms with Gasteiger partial charge in [0.25, 0.3) is 0 Å². The van der Waals surface area contributed by atoms with Crippen molar-refractivity contribution in [3.8, 4) is 0 Å². The fraction of sp³-hybridized carbons (Fsp3) is 0.875. The monoisotopic (exact) mass is 240 g/mol. The van der Waals surface area contributed by atoms with Crippen molar-refractivity contribution in [1.82, 2.24) is 0 Å². The summed E-state index contributed by atoms with van der Waals surface area (Å²) in [4.78, 5) is 10.3. The van der Waals surface area contributed by atoms with Gasteiger partial charge < -0.3 is 18.9 Å². The number of carboxylic acid groups (broad SMARTS) is 1. The average molecular weight is 240 g/mol. The molecule has 0 saturated carbocycles. The first-order valence-electron chi connectivity index (χ1n) is 4.68. The largest absolute Gasteiger partial charge is 0.480 e. The molecule has 0 amide bonds. The van der Waals surface area contributed by atoms with Crippen LogP contribution in [0.15, 0.2) is 0 Å². The zero-order valence-corrected chi connectivity index (χ0v) is 10.0. The summed E-state index contributed by atoms with van der Waals surface area (Å²) in [6.07, 6.45) is 0. The van der Waals surface area contributed by atoms with Crippen LogP contribution in [0.1, 0.15) is 20.8 Å². The Bertz CT molecular complexity index is 231. The van der Waals surface area contributed by atoms with Crippen molar-refractivity contribution in [2.75, 3.05) is 19.8 Å². The normalized spacial score (nSPS) is 13.8. The van der Waals surface area contributed by atoms with Crippen molar-refractivity contribution < 1.29 is 28.3 Å². The van der Waals surface area contributed by atoms with Gasteiger partial charge in [-0.1, -0.05) is 0 Å². The van der Waals surface area contributed by atoms with Crippen LogP contribution in [0.2, 0.25) is 0 Å². The molecular weight excluding hydrogens is 223 g/mol. The summed E-state index contributed by atoms with van der Waals surface area (Å²) < 4.78 is 26.8. The summed E-state index contributed by atoms with van der Waals surface area (Å²) in [5.74, 6) is -2.00. The second-order valence-electron chi connectivity index (χ2n) is 2.68. The Morgan fingerprint density at radius 2 is 1.80 bits per heavy atom. The van der Waals surface area contributed by atoms with Gasteiger partial charge in [-0.25, -0.2) is 4.79 Å². The molecule has 1 unspecified atom stereocenters. The van der Waals surface area contributed by atoms with Gasteiger partial charge in [0, 0.05) is 0 Å².